The number of nitrogens with one attached hydrogen (secondary N) is 1. The molecule has 1 aromatic rings. The molecule has 0 heterocycles. The molecule has 0 bridgehead atoms. The topological polar surface area (TPSA) is 64.3 Å². The predicted molar refractivity (Wildman–Crippen MR) is 78.7 cm³/mol. The van der Waals surface area contributed by atoms with Crippen LogP contribution in [-0.4, -0.2) is 24.2 Å². The number of ether oxygens (including phenoxy) is 1. The first-order valence-corrected chi connectivity index (χ1v) is 6.72. The minimum Gasteiger partial charge on any atom is -0.444 e. The second kappa shape index (κ2) is 6.85. The highest BCUT2D eigenvalue weighted by Gasteiger charge is 2.18. The van der Waals surface area contributed by atoms with Crippen molar-refractivity contribution in [3.63, 3.8) is 0 Å². The van der Waals surface area contributed by atoms with Gasteiger partial charge in [0.15, 0.2) is 0 Å². The van der Waals surface area contributed by atoms with E-state index < -0.39 is 24.2 Å². The van der Waals surface area contributed by atoms with Gasteiger partial charge in [-0.1, -0.05) is 12.1 Å². The zero-order valence-corrected chi connectivity index (χ0v) is 12.7. The van der Waals surface area contributed by atoms with Gasteiger partial charge in [0.05, 0.1) is 6.04 Å². The standard InChI is InChI=1S/C15H22F2N2O2/c1-9-5-6-10(7-11(18)13(16)17)8-12(9)19-14(20)21-15(2,3)4/h5-6,8,11,13H,7,18H2,1-4H3,(H,19,20). The average Bonchev–Trinajstić information content (AvgIpc) is 2.30. The number of nitrogens with two attached hydrogens (primary N) is 1. The quantitative estimate of drug-likeness (QED) is 0.894. The molecule has 0 aliphatic rings. The summed E-state index contributed by atoms with van der Waals surface area (Å²) in [5.41, 5.74) is 6.74. The van der Waals surface area contributed by atoms with Crippen LogP contribution in [0.4, 0.5) is 19.3 Å². The summed E-state index contributed by atoms with van der Waals surface area (Å²) in [5.74, 6) is 0. The molecule has 3 N–H and O–H groups in total. The van der Waals surface area contributed by atoms with Crippen LogP contribution in [0.5, 0.6) is 0 Å². The number of carbonyl (C=O) groups is 1. The van der Waals surface area contributed by atoms with Gasteiger partial charge in [-0.25, -0.2) is 13.6 Å². The number of hydrogen-bond acceptors (Lipinski definition) is 3. The Balaban J connectivity index is 2.80. The first kappa shape index (κ1) is 17.4. The third kappa shape index (κ3) is 6.08. The predicted octanol–water partition coefficient (Wildman–Crippen LogP) is 3.48. The van der Waals surface area contributed by atoms with E-state index in [9.17, 15) is 13.6 Å². The van der Waals surface area contributed by atoms with Crippen molar-refractivity contribution in [1.29, 1.82) is 0 Å². The molecule has 0 saturated carbocycles. The Bertz CT molecular complexity index is 499. The lowest BCUT2D eigenvalue weighted by molar-refractivity contribution is 0.0635. The number of rotatable bonds is 4. The highest BCUT2D eigenvalue weighted by atomic mass is 19.3. The number of aryl methyl sites for hydroxylation is 1. The van der Waals surface area contributed by atoms with Gasteiger partial charge in [-0.15, -0.1) is 0 Å². The monoisotopic (exact) mass is 300 g/mol. The maximum absolute atomic E-state index is 12.5. The van der Waals surface area contributed by atoms with E-state index in [-0.39, 0.29) is 6.42 Å². The molecule has 21 heavy (non-hydrogen) atoms. The van der Waals surface area contributed by atoms with E-state index >= 15 is 0 Å². The van der Waals surface area contributed by atoms with Crippen molar-refractivity contribution in [3.8, 4) is 0 Å². The number of benzene rings is 1. The Morgan fingerprint density at radius 3 is 2.52 bits per heavy atom. The molecule has 0 spiro atoms. The summed E-state index contributed by atoms with van der Waals surface area (Å²) in [5, 5.41) is 2.62. The molecule has 118 valence electrons. The van der Waals surface area contributed by atoms with Gasteiger partial charge in [-0.3, -0.25) is 5.32 Å². The maximum atomic E-state index is 12.5. The number of alkyl halides is 2. The van der Waals surface area contributed by atoms with Gasteiger partial charge in [0, 0.05) is 5.69 Å². The normalized spacial score (nSPS) is 13.1. The SMILES string of the molecule is Cc1ccc(CC(N)C(F)F)cc1NC(=O)OC(C)(C)C. The third-order valence-corrected chi connectivity index (χ3v) is 2.73. The Morgan fingerprint density at radius 1 is 1.38 bits per heavy atom. The fourth-order valence-electron chi connectivity index (χ4n) is 1.71. The van der Waals surface area contributed by atoms with Crippen molar-refractivity contribution < 1.29 is 18.3 Å². The van der Waals surface area contributed by atoms with Crippen molar-refractivity contribution in [2.75, 3.05) is 5.32 Å². The number of anilines is 1. The van der Waals surface area contributed by atoms with E-state index in [4.69, 9.17) is 10.5 Å². The Labute approximate surface area is 123 Å². The number of halogens is 2. The Morgan fingerprint density at radius 2 is 2.00 bits per heavy atom. The van der Waals surface area contributed by atoms with Crippen LogP contribution in [0.2, 0.25) is 0 Å². The van der Waals surface area contributed by atoms with Gasteiger partial charge in [-0.05, 0) is 51.3 Å². The van der Waals surface area contributed by atoms with Gasteiger partial charge in [-0.2, -0.15) is 0 Å². The maximum Gasteiger partial charge on any atom is 0.412 e. The molecular weight excluding hydrogens is 278 g/mol. The average molecular weight is 300 g/mol. The highest BCUT2D eigenvalue weighted by molar-refractivity contribution is 5.86. The molecule has 0 fully saturated rings. The van der Waals surface area contributed by atoms with Crippen molar-refractivity contribution in [2.24, 2.45) is 5.73 Å². The van der Waals surface area contributed by atoms with E-state index in [1.54, 1.807) is 39.0 Å². The smallest absolute Gasteiger partial charge is 0.412 e. The summed E-state index contributed by atoms with van der Waals surface area (Å²) in [6.07, 6.45) is -3.12. The van der Waals surface area contributed by atoms with Crippen LogP contribution in [0.1, 0.15) is 31.9 Å². The Hall–Kier alpha value is -1.69. The summed E-state index contributed by atoms with van der Waals surface area (Å²) in [4.78, 5) is 11.7. The van der Waals surface area contributed by atoms with Gasteiger partial charge in [0.2, 0.25) is 0 Å². The molecular formula is C15H22F2N2O2. The van der Waals surface area contributed by atoms with Crippen LogP contribution in [0.3, 0.4) is 0 Å². The molecule has 4 nitrogen and oxygen atoms in total. The van der Waals surface area contributed by atoms with Gasteiger partial charge >= 0.3 is 6.09 Å². The molecule has 1 rings (SSSR count). The molecule has 0 aromatic heterocycles. The molecule has 1 aromatic carbocycles. The molecule has 0 aliphatic carbocycles. The van der Waals surface area contributed by atoms with E-state index in [1.165, 1.54) is 0 Å². The molecule has 0 radical (unpaired) electrons. The van der Waals surface area contributed by atoms with Crippen LogP contribution in [0.25, 0.3) is 0 Å². The van der Waals surface area contributed by atoms with E-state index in [1.807, 2.05) is 6.92 Å². The van der Waals surface area contributed by atoms with Gasteiger partial charge in [0.25, 0.3) is 6.43 Å². The highest BCUT2D eigenvalue weighted by Crippen LogP contribution is 2.20. The molecule has 1 atom stereocenters. The summed E-state index contributed by atoms with van der Waals surface area (Å²) < 4.78 is 30.1. The van der Waals surface area contributed by atoms with Crippen LogP contribution >= 0.6 is 0 Å². The second-order valence-electron chi connectivity index (χ2n) is 5.98. The largest absolute Gasteiger partial charge is 0.444 e. The van der Waals surface area contributed by atoms with E-state index in [2.05, 4.69) is 5.32 Å². The number of amides is 1. The second-order valence-corrected chi connectivity index (χ2v) is 5.98. The van der Waals surface area contributed by atoms with Crippen molar-refractivity contribution in [3.05, 3.63) is 29.3 Å². The summed E-state index contributed by atoms with van der Waals surface area (Å²) in [7, 11) is 0. The van der Waals surface area contributed by atoms with Crippen molar-refractivity contribution >= 4 is 11.8 Å². The molecule has 1 unspecified atom stereocenters. The van der Waals surface area contributed by atoms with Gasteiger partial charge in [0.1, 0.15) is 5.60 Å². The van der Waals surface area contributed by atoms with Crippen LogP contribution in [0.15, 0.2) is 18.2 Å². The van der Waals surface area contributed by atoms with Crippen LogP contribution in [-0.2, 0) is 11.2 Å². The summed E-state index contributed by atoms with van der Waals surface area (Å²) >= 11 is 0. The first-order valence-electron chi connectivity index (χ1n) is 6.72. The number of hydrogen-bond donors (Lipinski definition) is 2. The number of carbonyl (C=O) groups excluding carboxylic acids is 1. The van der Waals surface area contributed by atoms with Gasteiger partial charge < -0.3 is 10.5 Å². The van der Waals surface area contributed by atoms with Crippen LogP contribution < -0.4 is 11.1 Å². The fraction of sp³-hybridized carbons (Fsp3) is 0.533. The third-order valence-electron chi connectivity index (χ3n) is 2.73. The van der Waals surface area contributed by atoms with E-state index in [0.717, 1.165) is 5.56 Å². The van der Waals surface area contributed by atoms with Crippen LogP contribution in [0, 0.1) is 6.92 Å². The fourth-order valence-corrected chi connectivity index (χ4v) is 1.71. The van der Waals surface area contributed by atoms with Crippen molar-refractivity contribution in [2.45, 2.75) is 52.2 Å². The molecule has 0 aliphatic heterocycles. The summed E-state index contributed by atoms with van der Waals surface area (Å²) in [6.45, 7) is 7.09. The molecule has 1 amide bonds. The van der Waals surface area contributed by atoms with E-state index in [0.29, 0.717) is 11.3 Å². The van der Waals surface area contributed by atoms with Crippen molar-refractivity contribution in [1.82, 2.24) is 0 Å². The lowest BCUT2D eigenvalue weighted by Crippen LogP contribution is -2.31. The lowest BCUT2D eigenvalue weighted by atomic mass is 10.0. The first-order chi connectivity index (χ1) is 9.58. The molecule has 0 saturated heterocycles. The zero-order chi connectivity index (χ0) is 16.2. The Kier molecular flexibility index (Phi) is 5.66. The molecule has 6 heteroatoms. The minimum atomic E-state index is -2.58. The minimum absolute atomic E-state index is 0.0426. The lowest BCUT2D eigenvalue weighted by Gasteiger charge is -2.20. The zero-order valence-electron chi connectivity index (χ0n) is 12.7. The summed E-state index contributed by atoms with van der Waals surface area (Å²) in [6, 6.07) is 3.89.